The second-order valence-electron chi connectivity index (χ2n) is 5.88. The minimum Gasteiger partial charge on any atom is -0.348 e. The summed E-state index contributed by atoms with van der Waals surface area (Å²) in [5, 5.41) is 17.8. The SMILES string of the molecule is O=C(/C=C/c1cccc([N+](=O)[O-])c1)NCc1ccccc1Cn1cccn1. The van der Waals surface area contributed by atoms with E-state index in [4.69, 9.17) is 0 Å². The van der Waals surface area contributed by atoms with Crippen LogP contribution in [0.25, 0.3) is 6.08 Å². The number of benzene rings is 2. The van der Waals surface area contributed by atoms with Crippen molar-refractivity contribution in [2.75, 3.05) is 0 Å². The lowest BCUT2D eigenvalue weighted by molar-refractivity contribution is -0.384. The Kier molecular flexibility index (Phi) is 5.73. The fourth-order valence-electron chi connectivity index (χ4n) is 2.61. The number of nitrogens with zero attached hydrogens (tertiary/aromatic N) is 3. The van der Waals surface area contributed by atoms with Crippen molar-refractivity contribution in [1.29, 1.82) is 0 Å². The van der Waals surface area contributed by atoms with Gasteiger partial charge in [0.2, 0.25) is 5.91 Å². The van der Waals surface area contributed by atoms with Gasteiger partial charge in [-0.25, -0.2) is 0 Å². The number of hydrogen-bond acceptors (Lipinski definition) is 4. The molecule has 3 rings (SSSR count). The van der Waals surface area contributed by atoms with Gasteiger partial charge in [0.05, 0.1) is 11.5 Å². The molecule has 136 valence electrons. The maximum atomic E-state index is 12.1. The Morgan fingerprint density at radius 2 is 1.96 bits per heavy atom. The maximum Gasteiger partial charge on any atom is 0.270 e. The molecule has 0 fully saturated rings. The van der Waals surface area contributed by atoms with Crippen LogP contribution in [0.3, 0.4) is 0 Å². The van der Waals surface area contributed by atoms with Gasteiger partial charge in [0.25, 0.3) is 5.69 Å². The summed E-state index contributed by atoms with van der Waals surface area (Å²) in [6, 6.07) is 15.8. The van der Waals surface area contributed by atoms with E-state index < -0.39 is 4.92 Å². The van der Waals surface area contributed by atoms with Crippen LogP contribution >= 0.6 is 0 Å². The Morgan fingerprint density at radius 3 is 2.70 bits per heavy atom. The molecule has 1 heterocycles. The molecule has 27 heavy (non-hydrogen) atoms. The van der Waals surface area contributed by atoms with Gasteiger partial charge in [0.1, 0.15) is 0 Å². The Morgan fingerprint density at radius 1 is 1.15 bits per heavy atom. The lowest BCUT2D eigenvalue weighted by Crippen LogP contribution is -2.21. The largest absolute Gasteiger partial charge is 0.348 e. The second-order valence-corrected chi connectivity index (χ2v) is 5.88. The van der Waals surface area contributed by atoms with Crippen LogP contribution in [0, 0.1) is 10.1 Å². The molecule has 1 N–H and O–H groups in total. The number of carbonyl (C=O) groups excluding carboxylic acids is 1. The van der Waals surface area contributed by atoms with E-state index >= 15 is 0 Å². The third kappa shape index (κ3) is 5.12. The van der Waals surface area contributed by atoms with Crippen LogP contribution in [0.2, 0.25) is 0 Å². The van der Waals surface area contributed by atoms with E-state index in [2.05, 4.69) is 10.4 Å². The number of nitro benzene ring substituents is 1. The molecule has 0 spiro atoms. The van der Waals surface area contributed by atoms with Crippen LogP contribution in [-0.2, 0) is 17.9 Å². The molecule has 0 unspecified atom stereocenters. The Labute approximate surface area is 156 Å². The first-order valence-electron chi connectivity index (χ1n) is 8.36. The number of nitrogens with one attached hydrogen (secondary N) is 1. The zero-order valence-corrected chi connectivity index (χ0v) is 14.5. The Balaban J connectivity index is 1.61. The number of rotatable bonds is 7. The zero-order chi connectivity index (χ0) is 19.1. The van der Waals surface area contributed by atoms with Crippen molar-refractivity contribution < 1.29 is 9.72 Å². The van der Waals surface area contributed by atoms with E-state index in [1.54, 1.807) is 24.4 Å². The minimum absolute atomic E-state index is 0.00916. The molecule has 0 aliphatic heterocycles. The number of hydrogen-bond donors (Lipinski definition) is 1. The highest BCUT2D eigenvalue weighted by molar-refractivity contribution is 5.91. The van der Waals surface area contributed by atoms with Crippen LogP contribution in [-0.4, -0.2) is 20.6 Å². The van der Waals surface area contributed by atoms with Gasteiger partial charge in [-0.15, -0.1) is 0 Å². The standard InChI is InChI=1S/C20H18N4O3/c25-20(10-9-16-5-3-8-19(13-16)24(26)27)21-14-17-6-1-2-7-18(17)15-23-12-4-11-22-23/h1-13H,14-15H2,(H,21,25)/b10-9+. The minimum atomic E-state index is -0.464. The van der Waals surface area contributed by atoms with Crippen molar-refractivity contribution in [2.45, 2.75) is 13.1 Å². The monoisotopic (exact) mass is 362 g/mol. The molecule has 0 radical (unpaired) electrons. The van der Waals surface area contributed by atoms with Gasteiger partial charge in [-0.2, -0.15) is 5.10 Å². The number of carbonyl (C=O) groups is 1. The number of non-ortho nitro benzene ring substituents is 1. The highest BCUT2D eigenvalue weighted by Crippen LogP contribution is 2.14. The van der Waals surface area contributed by atoms with Crippen molar-refractivity contribution in [2.24, 2.45) is 0 Å². The van der Waals surface area contributed by atoms with Gasteiger partial charge in [-0.3, -0.25) is 19.6 Å². The first-order chi connectivity index (χ1) is 13.1. The van der Waals surface area contributed by atoms with Crippen molar-refractivity contribution in [3.63, 3.8) is 0 Å². The highest BCUT2D eigenvalue weighted by atomic mass is 16.6. The van der Waals surface area contributed by atoms with Crippen LogP contribution < -0.4 is 5.32 Å². The molecule has 0 aliphatic carbocycles. The summed E-state index contributed by atoms with van der Waals surface area (Å²) < 4.78 is 1.82. The van der Waals surface area contributed by atoms with Gasteiger partial charge in [0.15, 0.2) is 0 Å². The van der Waals surface area contributed by atoms with Crippen molar-refractivity contribution >= 4 is 17.7 Å². The summed E-state index contributed by atoms with van der Waals surface area (Å²) >= 11 is 0. The van der Waals surface area contributed by atoms with E-state index in [0.29, 0.717) is 18.7 Å². The molecule has 2 aromatic carbocycles. The predicted molar refractivity (Wildman–Crippen MR) is 102 cm³/mol. The molecule has 0 saturated heterocycles. The smallest absolute Gasteiger partial charge is 0.270 e. The molecule has 3 aromatic rings. The van der Waals surface area contributed by atoms with Gasteiger partial charge in [-0.1, -0.05) is 36.4 Å². The Hall–Kier alpha value is -3.74. The molecule has 0 saturated carbocycles. The van der Waals surface area contributed by atoms with Gasteiger partial charge < -0.3 is 5.32 Å². The molecule has 1 amide bonds. The summed E-state index contributed by atoms with van der Waals surface area (Å²) in [4.78, 5) is 22.4. The van der Waals surface area contributed by atoms with E-state index in [9.17, 15) is 14.9 Å². The van der Waals surface area contributed by atoms with Crippen LogP contribution in [0.15, 0.2) is 73.1 Å². The predicted octanol–water partition coefficient (Wildman–Crippen LogP) is 3.17. The van der Waals surface area contributed by atoms with Crippen molar-refractivity contribution in [3.8, 4) is 0 Å². The molecule has 0 bridgehead atoms. The van der Waals surface area contributed by atoms with Gasteiger partial charge >= 0.3 is 0 Å². The normalized spacial score (nSPS) is 10.8. The quantitative estimate of drug-likeness (QED) is 0.397. The number of aromatic nitrogens is 2. The van der Waals surface area contributed by atoms with Crippen LogP contribution in [0.5, 0.6) is 0 Å². The Bertz CT molecular complexity index is 965. The van der Waals surface area contributed by atoms with E-state index in [-0.39, 0.29) is 11.6 Å². The van der Waals surface area contributed by atoms with Gasteiger partial charge in [-0.05, 0) is 28.8 Å². The van der Waals surface area contributed by atoms with Crippen LogP contribution in [0.4, 0.5) is 5.69 Å². The fourth-order valence-corrected chi connectivity index (χ4v) is 2.61. The topological polar surface area (TPSA) is 90.1 Å². The van der Waals surface area contributed by atoms with Crippen molar-refractivity contribution in [1.82, 2.24) is 15.1 Å². The first kappa shape index (κ1) is 18.1. The molecule has 7 nitrogen and oxygen atoms in total. The molecule has 0 atom stereocenters. The summed E-state index contributed by atoms with van der Waals surface area (Å²) in [5.74, 6) is -0.268. The van der Waals surface area contributed by atoms with Gasteiger partial charge in [0, 0.05) is 37.1 Å². The van der Waals surface area contributed by atoms with Crippen molar-refractivity contribution in [3.05, 3.63) is 99.9 Å². The fraction of sp³-hybridized carbons (Fsp3) is 0.100. The molecule has 1 aromatic heterocycles. The highest BCUT2D eigenvalue weighted by Gasteiger charge is 2.06. The third-order valence-corrected chi connectivity index (χ3v) is 3.97. The molecular formula is C20H18N4O3. The third-order valence-electron chi connectivity index (χ3n) is 3.97. The molecule has 0 aliphatic rings. The van der Waals surface area contributed by atoms with E-state index in [0.717, 1.165) is 11.1 Å². The first-order valence-corrected chi connectivity index (χ1v) is 8.36. The summed E-state index contributed by atoms with van der Waals surface area (Å²) in [6.45, 7) is 1.01. The zero-order valence-electron chi connectivity index (χ0n) is 14.5. The lowest BCUT2D eigenvalue weighted by Gasteiger charge is -2.10. The lowest BCUT2D eigenvalue weighted by atomic mass is 10.1. The average molecular weight is 362 g/mol. The average Bonchev–Trinajstić information content (AvgIpc) is 3.19. The van der Waals surface area contributed by atoms with E-state index in [1.807, 2.05) is 41.2 Å². The summed E-state index contributed by atoms with van der Waals surface area (Å²) in [7, 11) is 0. The maximum absolute atomic E-state index is 12.1. The summed E-state index contributed by atoms with van der Waals surface area (Å²) in [5.41, 5.74) is 2.66. The second kappa shape index (κ2) is 8.57. The summed E-state index contributed by atoms with van der Waals surface area (Å²) in [6.07, 6.45) is 6.54. The molecular weight excluding hydrogens is 344 g/mol. The van der Waals surface area contributed by atoms with E-state index in [1.165, 1.54) is 18.2 Å². The molecule has 7 heteroatoms. The number of amides is 1. The number of nitro groups is 1. The van der Waals surface area contributed by atoms with Crippen LogP contribution in [0.1, 0.15) is 16.7 Å².